The standard InChI is InChI=1S/C23H15Br2Cl2NO2/c1-29-20-11-16(10-17(12-28)15-5-3-2-4-6-15)21(24)22(25)23(20)30-13-14-7-8-18(26)19(27)9-14/h2-11H,13H2,1H3/b17-10+. The number of methoxy groups -OCH3 is 1. The highest BCUT2D eigenvalue weighted by atomic mass is 79.9. The molecule has 30 heavy (non-hydrogen) atoms. The van der Waals surface area contributed by atoms with Crippen LogP contribution in [0, 0.1) is 11.3 Å². The van der Waals surface area contributed by atoms with Crippen LogP contribution in [0.2, 0.25) is 10.0 Å². The Labute approximate surface area is 202 Å². The van der Waals surface area contributed by atoms with Gasteiger partial charge >= 0.3 is 0 Å². The molecule has 0 aromatic heterocycles. The Morgan fingerprint density at radius 3 is 2.40 bits per heavy atom. The van der Waals surface area contributed by atoms with Crippen molar-refractivity contribution in [3.8, 4) is 17.6 Å². The number of halogens is 4. The molecule has 7 heteroatoms. The van der Waals surface area contributed by atoms with E-state index in [2.05, 4.69) is 37.9 Å². The average Bonchev–Trinajstić information content (AvgIpc) is 2.76. The summed E-state index contributed by atoms with van der Waals surface area (Å²) in [5, 5.41) is 10.6. The molecule has 0 unspecified atom stereocenters. The lowest BCUT2D eigenvalue weighted by Gasteiger charge is -2.16. The second-order valence-corrected chi connectivity index (χ2v) is 8.60. The molecule has 3 aromatic rings. The zero-order chi connectivity index (χ0) is 21.7. The van der Waals surface area contributed by atoms with Gasteiger partial charge in [-0.25, -0.2) is 0 Å². The first-order chi connectivity index (χ1) is 14.4. The number of allylic oxidation sites excluding steroid dienone is 1. The van der Waals surface area contributed by atoms with Crippen LogP contribution < -0.4 is 9.47 Å². The molecule has 0 N–H and O–H groups in total. The minimum Gasteiger partial charge on any atom is -0.493 e. The lowest BCUT2D eigenvalue weighted by Crippen LogP contribution is -2.00. The first kappa shape index (κ1) is 22.7. The molecule has 0 saturated carbocycles. The number of ether oxygens (including phenoxy) is 2. The van der Waals surface area contributed by atoms with Gasteiger partial charge in [0.15, 0.2) is 11.5 Å². The Morgan fingerprint density at radius 1 is 1.03 bits per heavy atom. The van der Waals surface area contributed by atoms with Crippen LogP contribution in [-0.4, -0.2) is 7.11 Å². The van der Waals surface area contributed by atoms with E-state index in [-0.39, 0.29) is 6.61 Å². The molecule has 0 amide bonds. The van der Waals surface area contributed by atoms with Gasteiger partial charge in [-0.15, -0.1) is 0 Å². The molecule has 3 nitrogen and oxygen atoms in total. The van der Waals surface area contributed by atoms with Crippen molar-refractivity contribution in [1.29, 1.82) is 5.26 Å². The van der Waals surface area contributed by atoms with Crippen LogP contribution in [0.15, 0.2) is 63.5 Å². The van der Waals surface area contributed by atoms with E-state index in [4.69, 9.17) is 32.7 Å². The second kappa shape index (κ2) is 10.4. The van der Waals surface area contributed by atoms with E-state index in [0.717, 1.165) is 21.2 Å². The quantitative estimate of drug-likeness (QED) is 0.223. The second-order valence-electron chi connectivity index (χ2n) is 6.20. The van der Waals surface area contributed by atoms with E-state index in [9.17, 15) is 5.26 Å². The third-order valence-electron chi connectivity index (χ3n) is 4.25. The average molecular weight is 568 g/mol. The molecule has 152 valence electrons. The number of nitriles is 1. The molecule has 3 rings (SSSR count). The molecule has 3 aromatic carbocycles. The lowest BCUT2D eigenvalue weighted by molar-refractivity contribution is 0.282. The maximum Gasteiger partial charge on any atom is 0.177 e. The summed E-state index contributed by atoms with van der Waals surface area (Å²) in [5.41, 5.74) is 3.02. The fourth-order valence-electron chi connectivity index (χ4n) is 2.73. The molecule has 0 aliphatic carbocycles. The maximum atomic E-state index is 9.61. The fraction of sp³-hybridized carbons (Fsp3) is 0.0870. The van der Waals surface area contributed by atoms with Gasteiger partial charge in [0.25, 0.3) is 0 Å². The maximum absolute atomic E-state index is 9.61. The fourth-order valence-corrected chi connectivity index (χ4v) is 4.00. The van der Waals surface area contributed by atoms with E-state index < -0.39 is 0 Å². The third kappa shape index (κ3) is 5.19. The molecule has 0 radical (unpaired) electrons. The highest BCUT2D eigenvalue weighted by Gasteiger charge is 2.17. The number of hydrogen-bond donors (Lipinski definition) is 0. The van der Waals surface area contributed by atoms with Gasteiger partial charge in [0, 0.05) is 4.47 Å². The molecule has 0 atom stereocenters. The van der Waals surface area contributed by atoms with Crippen LogP contribution in [0.1, 0.15) is 16.7 Å². The highest BCUT2D eigenvalue weighted by Crippen LogP contribution is 2.44. The Balaban J connectivity index is 1.95. The lowest BCUT2D eigenvalue weighted by atomic mass is 10.0. The smallest absolute Gasteiger partial charge is 0.177 e. The van der Waals surface area contributed by atoms with Gasteiger partial charge in [-0.2, -0.15) is 5.26 Å². The summed E-state index contributed by atoms with van der Waals surface area (Å²) in [4.78, 5) is 0. The van der Waals surface area contributed by atoms with Crippen LogP contribution in [0.25, 0.3) is 11.6 Å². The largest absolute Gasteiger partial charge is 0.493 e. The number of nitrogens with zero attached hydrogens (tertiary/aromatic N) is 1. The Kier molecular flexibility index (Phi) is 7.85. The van der Waals surface area contributed by atoms with Crippen molar-refractivity contribution in [3.63, 3.8) is 0 Å². The van der Waals surface area contributed by atoms with Crippen LogP contribution in [0.5, 0.6) is 11.5 Å². The van der Waals surface area contributed by atoms with E-state index in [0.29, 0.717) is 31.6 Å². The molecule has 0 spiro atoms. The van der Waals surface area contributed by atoms with Gasteiger partial charge in [0.05, 0.1) is 33.3 Å². The predicted octanol–water partition coefficient (Wildman–Crippen LogP) is 8.17. The van der Waals surface area contributed by atoms with Gasteiger partial charge in [-0.1, -0.05) is 59.6 Å². The highest BCUT2D eigenvalue weighted by molar-refractivity contribution is 9.13. The van der Waals surface area contributed by atoms with Crippen LogP contribution in [0.3, 0.4) is 0 Å². The summed E-state index contributed by atoms with van der Waals surface area (Å²) in [5.74, 6) is 1.06. The molecule has 0 aliphatic heterocycles. The summed E-state index contributed by atoms with van der Waals surface area (Å²) in [6.45, 7) is 0.279. The number of benzene rings is 3. The monoisotopic (exact) mass is 565 g/mol. The van der Waals surface area contributed by atoms with Crippen molar-refractivity contribution >= 4 is 66.7 Å². The van der Waals surface area contributed by atoms with E-state index in [1.165, 1.54) is 0 Å². The minimum atomic E-state index is 0.279. The van der Waals surface area contributed by atoms with Gasteiger partial charge in [0.2, 0.25) is 0 Å². The van der Waals surface area contributed by atoms with Crippen LogP contribution in [0.4, 0.5) is 0 Å². The summed E-state index contributed by atoms with van der Waals surface area (Å²) in [6.07, 6.45) is 1.80. The van der Waals surface area contributed by atoms with Crippen molar-refractivity contribution in [3.05, 3.63) is 90.3 Å². The van der Waals surface area contributed by atoms with Crippen molar-refractivity contribution in [2.75, 3.05) is 7.11 Å². The van der Waals surface area contributed by atoms with Gasteiger partial charge in [-0.3, -0.25) is 0 Å². The van der Waals surface area contributed by atoms with Crippen molar-refractivity contribution in [2.45, 2.75) is 6.61 Å². The SMILES string of the molecule is COc1cc(/C=C(\C#N)c2ccccc2)c(Br)c(Br)c1OCc1ccc(Cl)c(Cl)c1. The topological polar surface area (TPSA) is 42.2 Å². The first-order valence-electron chi connectivity index (χ1n) is 8.74. The molecular weight excluding hydrogens is 553 g/mol. The van der Waals surface area contributed by atoms with Crippen molar-refractivity contribution in [2.24, 2.45) is 0 Å². The summed E-state index contributed by atoms with van der Waals surface area (Å²) >= 11 is 19.2. The molecular formula is C23H15Br2Cl2NO2. The first-order valence-corrected chi connectivity index (χ1v) is 11.1. The molecule has 0 fully saturated rings. The van der Waals surface area contributed by atoms with E-state index >= 15 is 0 Å². The molecule has 0 aliphatic rings. The summed E-state index contributed by atoms with van der Waals surface area (Å²) in [6, 6.07) is 18.9. The molecule has 0 heterocycles. The normalized spacial score (nSPS) is 11.1. The van der Waals surface area contributed by atoms with E-state index in [1.807, 2.05) is 42.5 Å². The molecule has 0 bridgehead atoms. The Morgan fingerprint density at radius 2 is 1.77 bits per heavy atom. The Hall–Kier alpha value is -1.97. The minimum absolute atomic E-state index is 0.279. The van der Waals surface area contributed by atoms with E-state index in [1.54, 1.807) is 25.3 Å². The van der Waals surface area contributed by atoms with Crippen LogP contribution >= 0.6 is 55.1 Å². The zero-order valence-corrected chi connectivity index (χ0v) is 20.4. The van der Waals surface area contributed by atoms with Gasteiger partial charge < -0.3 is 9.47 Å². The predicted molar refractivity (Wildman–Crippen MR) is 129 cm³/mol. The van der Waals surface area contributed by atoms with Crippen LogP contribution in [-0.2, 0) is 6.61 Å². The molecule has 0 saturated heterocycles. The van der Waals surface area contributed by atoms with Crippen molar-refractivity contribution in [1.82, 2.24) is 0 Å². The zero-order valence-electron chi connectivity index (χ0n) is 15.8. The van der Waals surface area contributed by atoms with Gasteiger partial charge in [0.1, 0.15) is 6.61 Å². The Bertz CT molecular complexity index is 1140. The van der Waals surface area contributed by atoms with Gasteiger partial charge in [-0.05, 0) is 72.8 Å². The number of hydrogen-bond acceptors (Lipinski definition) is 3. The third-order valence-corrected chi connectivity index (χ3v) is 7.13. The number of rotatable bonds is 6. The summed E-state index contributed by atoms with van der Waals surface area (Å²) < 4.78 is 13.0. The summed E-state index contributed by atoms with van der Waals surface area (Å²) in [7, 11) is 1.57. The van der Waals surface area contributed by atoms with Crippen molar-refractivity contribution < 1.29 is 9.47 Å².